The molecule has 0 aromatic rings. The van der Waals surface area contributed by atoms with Gasteiger partial charge in [0.2, 0.25) is 0 Å². The van der Waals surface area contributed by atoms with Crippen molar-refractivity contribution >= 4 is 17.5 Å². The highest BCUT2D eigenvalue weighted by molar-refractivity contribution is 5.86. The molecule has 0 N–H and O–H groups in total. The summed E-state index contributed by atoms with van der Waals surface area (Å²) in [4.78, 5) is 35.8. The van der Waals surface area contributed by atoms with Crippen LogP contribution in [0.3, 0.4) is 0 Å². The lowest BCUT2D eigenvalue weighted by molar-refractivity contribution is -0.148. The van der Waals surface area contributed by atoms with Crippen molar-refractivity contribution in [3.8, 4) is 0 Å². The monoisotopic (exact) mass is 372 g/mol. The Kier molecular flexibility index (Phi) is 4.59. The van der Waals surface area contributed by atoms with Crippen LogP contribution in [0.15, 0.2) is 11.6 Å². The standard InChI is InChI=1S/C23H32O4/c1-14(24)27-13-21(26)20-7-6-18-17-5-4-15-12-16(25)8-10-22(15,2)19(17)9-11-23(18,20)3/h6,15,17,19-20H,4-5,7-13H2,1-3H3/t15?,17-,19-,20+,22-,23-/m0/s1. The predicted octanol–water partition coefficient (Wildman–Crippen LogP) is 4.27. The minimum Gasteiger partial charge on any atom is -0.458 e. The van der Waals surface area contributed by atoms with E-state index in [-0.39, 0.29) is 35.1 Å². The summed E-state index contributed by atoms with van der Waals surface area (Å²) in [5.74, 6) is 1.84. The van der Waals surface area contributed by atoms with Crippen molar-refractivity contribution in [3.05, 3.63) is 11.6 Å². The topological polar surface area (TPSA) is 60.4 Å². The number of rotatable bonds is 3. The summed E-state index contributed by atoms with van der Waals surface area (Å²) >= 11 is 0. The number of ether oxygens (including phenoxy) is 1. The zero-order chi connectivity index (χ0) is 19.4. The molecule has 0 aromatic heterocycles. The normalized spacial score (nSPS) is 43.2. The van der Waals surface area contributed by atoms with Gasteiger partial charge in [0, 0.05) is 25.7 Å². The molecule has 0 aromatic carbocycles. The Morgan fingerprint density at radius 3 is 2.70 bits per heavy atom. The van der Waals surface area contributed by atoms with Gasteiger partial charge in [-0.2, -0.15) is 0 Å². The van der Waals surface area contributed by atoms with Crippen molar-refractivity contribution in [2.24, 2.45) is 34.5 Å². The van der Waals surface area contributed by atoms with Gasteiger partial charge in [-0.15, -0.1) is 0 Å². The van der Waals surface area contributed by atoms with Gasteiger partial charge in [-0.1, -0.05) is 25.5 Å². The van der Waals surface area contributed by atoms with Gasteiger partial charge in [0.1, 0.15) is 12.4 Å². The van der Waals surface area contributed by atoms with Gasteiger partial charge in [-0.25, -0.2) is 0 Å². The highest BCUT2D eigenvalue weighted by atomic mass is 16.5. The molecule has 4 aliphatic rings. The molecule has 1 unspecified atom stereocenters. The molecule has 4 aliphatic carbocycles. The van der Waals surface area contributed by atoms with E-state index >= 15 is 0 Å². The van der Waals surface area contributed by atoms with E-state index in [9.17, 15) is 14.4 Å². The second-order valence-corrected chi connectivity index (χ2v) is 9.89. The maximum atomic E-state index is 12.7. The van der Waals surface area contributed by atoms with Crippen LogP contribution in [0.5, 0.6) is 0 Å². The first kappa shape index (κ1) is 18.9. The van der Waals surface area contributed by atoms with Crippen LogP contribution in [0.1, 0.15) is 72.1 Å². The smallest absolute Gasteiger partial charge is 0.303 e. The maximum Gasteiger partial charge on any atom is 0.303 e. The Bertz CT molecular complexity index is 707. The maximum absolute atomic E-state index is 12.7. The highest BCUT2D eigenvalue weighted by Gasteiger charge is 2.58. The number of esters is 1. The van der Waals surface area contributed by atoms with E-state index in [1.54, 1.807) is 0 Å². The zero-order valence-electron chi connectivity index (χ0n) is 16.9. The minimum absolute atomic E-state index is 0.0498. The minimum atomic E-state index is -0.388. The molecule has 4 nitrogen and oxygen atoms in total. The third-order valence-electron chi connectivity index (χ3n) is 8.69. The van der Waals surface area contributed by atoms with E-state index in [0.717, 1.165) is 51.4 Å². The Hall–Kier alpha value is -1.45. The third kappa shape index (κ3) is 2.91. The molecule has 0 radical (unpaired) electrons. The van der Waals surface area contributed by atoms with E-state index in [4.69, 9.17) is 4.74 Å². The Labute approximate surface area is 162 Å². The summed E-state index contributed by atoms with van der Waals surface area (Å²) in [6, 6.07) is 0. The lowest BCUT2D eigenvalue weighted by Gasteiger charge is -2.58. The number of ketones is 2. The third-order valence-corrected chi connectivity index (χ3v) is 8.69. The van der Waals surface area contributed by atoms with Gasteiger partial charge in [0.25, 0.3) is 0 Å². The second-order valence-electron chi connectivity index (χ2n) is 9.89. The van der Waals surface area contributed by atoms with Gasteiger partial charge >= 0.3 is 5.97 Å². The van der Waals surface area contributed by atoms with E-state index in [0.29, 0.717) is 23.5 Å². The van der Waals surface area contributed by atoms with Crippen molar-refractivity contribution in [1.82, 2.24) is 0 Å². The summed E-state index contributed by atoms with van der Waals surface area (Å²) in [5.41, 5.74) is 1.70. The van der Waals surface area contributed by atoms with Crippen LogP contribution in [0, 0.1) is 34.5 Å². The average molecular weight is 373 g/mol. The first-order valence-electron chi connectivity index (χ1n) is 10.6. The average Bonchev–Trinajstić information content (AvgIpc) is 2.97. The summed E-state index contributed by atoms with van der Waals surface area (Å²) in [6.45, 7) is 5.96. The van der Waals surface area contributed by atoms with Gasteiger partial charge < -0.3 is 4.74 Å². The molecule has 0 saturated heterocycles. The quantitative estimate of drug-likeness (QED) is 0.548. The zero-order valence-corrected chi connectivity index (χ0v) is 16.9. The van der Waals surface area contributed by atoms with Crippen LogP contribution in [0.4, 0.5) is 0 Å². The van der Waals surface area contributed by atoms with Gasteiger partial charge in [0.05, 0.1) is 0 Å². The molecule has 0 bridgehead atoms. The van der Waals surface area contributed by atoms with Crippen LogP contribution >= 0.6 is 0 Å². The van der Waals surface area contributed by atoms with Crippen molar-refractivity contribution in [2.45, 2.75) is 72.1 Å². The number of carbonyl (C=O) groups is 3. The fourth-order valence-electron chi connectivity index (χ4n) is 7.14. The summed E-state index contributed by atoms with van der Waals surface area (Å²) in [5, 5.41) is 0. The lowest BCUT2D eigenvalue weighted by Crippen LogP contribution is -2.52. The number of allylic oxidation sites excluding steroid dienone is 2. The lowest BCUT2D eigenvalue weighted by atomic mass is 9.46. The fourth-order valence-corrected chi connectivity index (χ4v) is 7.14. The number of carbonyl (C=O) groups excluding carboxylic acids is 3. The summed E-state index contributed by atoms with van der Waals surface area (Å²) in [6.07, 6.45) is 10.2. The molecule has 0 heterocycles. The van der Waals surface area contributed by atoms with Crippen molar-refractivity contribution in [3.63, 3.8) is 0 Å². The van der Waals surface area contributed by atoms with E-state index in [1.807, 2.05) is 0 Å². The molecule has 0 aliphatic heterocycles. The Morgan fingerprint density at radius 2 is 1.96 bits per heavy atom. The summed E-state index contributed by atoms with van der Waals surface area (Å²) < 4.78 is 5.00. The Balaban J connectivity index is 1.54. The van der Waals surface area contributed by atoms with E-state index < -0.39 is 0 Å². The second kappa shape index (κ2) is 6.56. The SMILES string of the molecule is CC(=O)OCC(=O)[C@H]1CC=C2[C@@H]3CCC4CC(=O)CC[C@]4(C)[C@H]3CC[C@@]21C. The first-order chi connectivity index (χ1) is 12.8. The fraction of sp³-hybridized carbons (Fsp3) is 0.783. The van der Waals surface area contributed by atoms with Gasteiger partial charge in [-0.05, 0) is 67.1 Å². The summed E-state index contributed by atoms with van der Waals surface area (Å²) in [7, 11) is 0. The van der Waals surface area contributed by atoms with Crippen LogP contribution in [0.2, 0.25) is 0 Å². The van der Waals surface area contributed by atoms with E-state index in [2.05, 4.69) is 19.9 Å². The van der Waals surface area contributed by atoms with Crippen LogP contribution in [0.25, 0.3) is 0 Å². The molecule has 6 atom stereocenters. The Morgan fingerprint density at radius 1 is 1.19 bits per heavy atom. The van der Waals surface area contributed by atoms with Crippen LogP contribution < -0.4 is 0 Å². The van der Waals surface area contributed by atoms with Gasteiger partial charge in [-0.3, -0.25) is 14.4 Å². The largest absolute Gasteiger partial charge is 0.458 e. The van der Waals surface area contributed by atoms with Crippen molar-refractivity contribution in [1.29, 1.82) is 0 Å². The van der Waals surface area contributed by atoms with Gasteiger partial charge in [0.15, 0.2) is 5.78 Å². The van der Waals surface area contributed by atoms with Crippen molar-refractivity contribution in [2.75, 3.05) is 6.61 Å². The van der Waals surface area contributed by atoms with E-state index in [1.165, 1.54) is 12.5 Å². The molecule has 4 heteroatoms. The molecular weight excluding hydrogens is 340 g/mol. The molecule has 3 saturated carbocycles. The number of Topliss-reactive ketones (excluding diaryl/α,β-unsaturated/α-hetero) is 2. The number of fused-ring (bicyclic) bond motifs is 5. The predicted molar refractivity (Wildman–Crippen MR) is 102 cm³/mol. The van der Waals surface area contributed by atoms with Crippen molar-refractivity contribution < 1.29 is 19.1 Å². The number of hydrogen-bond donors (Lipinski definition) is 0. The van der Waals surface area contributed by atoms with Crippen LogP contribution in [-0.2, 0) is 19.1 Å². The number of hydrogen-bond acceptors (Lipinski definition) is 4. The molecule has 4 rings (SSSR count). The molecule has 148 valence electrons. The molecular formula is C23H32O4. The molecule has 0 amide bonds. The van der Waals surface area contributed by atoms with Crippen LogP contribution in [-0.4, -0.2) is 24.1 Å². The molecule has 0 spiro atoms. The first-order valence-corrected chi connectivity index (χ1v) is 10.6. The molecule has 27 heavy (non-hydrogen) atoms. The molecule has 3 fully saturated rings. The highest BCUT2D eigenvalue weighted by Crippen LogP contribution is 2.65.